The van der Waals surface area contributed by atoms with Crippen molar-refractivity contribution in [1.29, 1.82) is 0 Å². The maximum absolute atomic E-state index is 13.0. The molecule has 1 aromatic carbocycles. The van der Waals surface area contributed by atoms with Gasteiger partial charge < -0.3 is 10.6 Å². The highest BCUT2D eigenvalue weighted by atomic mass is 32.2. The van der Waals surface area contributed by atoms with Crippen LogP contribution in [0.4, 0.5) is 4.39 Å². The Morgan fingerprint density at radius 3 is 2.22 bits per heavy atom. The summed E-state index contributed by atoms with van der Waals surface area (Å²) in [5, 5.41) is 5.06. The molecule has 0 saturated carbocycles. The summed E-state index contributed by atoms with van der Waals surface area (Å²) in [6.07, 6.45) is 0. The fourth-order valence-electron chi connectivity index (χ4n) is 2.68. The number of carbonyl (C=O) groups excluding carboxylic acids is 2. The maximum Gasteiger partial charge on any atom is 0.309 e. The molecule has 0 aliphatic carbocycles. The van der Waals surface area contributed by atoms with Crippen LogP contribution in [0.3, 0.4) is 0 Å². The minimum absolute atomic E-state index is 0.0702. The van der Waals surface area contributed by atoms with E-state index in [1.807, 2.05) is 4.90 Å². The molecule has 0 unspecified atom stereocenters. The molecular weight excluding hydrogens is 375 g/mol. The highest BCUT2D eigenvalue weighted by molar-refractivity contribution is 7.89. The van der Waals surface area contributed by atoms with E-state index in [0.717, 1.165) is 12.1 Å². The Labute approximate surface area is 158 Å². The molecule has 8 nitrogen and oxygen atoms in total. The van der Waals surface area contributed by atoms with E-state index < -0.39 is 27.7 Å². The van der Waals surface area contributed by atoms with Crippen LogP contribution in [-0.4, -0.2) is 74.7 Å². The van der Waals surface area contributed by atoms with Gasteiger partial charge in [0.2, 0.25) is 10.0 Å². The number of nitrogens with one attached hydrogen (secondary N) is 2. The zero-order valence-corrected chi connectivity index (χ0v) is 16.3. The Morgan fingerprint density at radius 2 is 1.67 bits per heavy atom. The number of nitrogens with zero attached hydrogens (tertiary/aromatic N) is 2. The van der Waals surface area contributed by atoms with E-state index in [-0.39, 0.29) is 10.9 Å². The molecule has 1 heterocycles. The average molecular weight is 400 g/mol. The van der Waals surface area contributed by atoms with Crippen molar-refractivity contribution in [3.8, 4) is 0 Å². The molecule has 1 aliphatic rings. The Morgan fingerprint density at radius 1 is 1.07 bits per heavy atom. The quantitative estimate of drug-likeness (QED) is 0.643. The highest BCUT2D eigenvalue weighted by Gasteiger charge is 2.28. The van der Waals surface area contributed by atoms with Crippen LogP contribution in [0.1, 0.15) is 13.8 Å². The number of sulfonamides is 1. The zero-order chi connectivity index (χ0) is 20.0. The van der Waals surface area contributed by atoms with Crippen molar-refractivity contribution < 1.29 is 22.4 Å². The largest absolute Gasteiger partial charge is 0.347 e. The van der Waals surface area contributed by atoms with Crippen molar-refractivity contribution in [3.05, 3.63) is 30.1 Å². The molecule has 1 aliphatic heterocycles. The number of hydrogen-bond acceptors (Lipinski definition) is 5. The number of hydrogen-bond donors (Lipinski definition) is 2. The lowest BCUT2D eigenvalue weighted by Crippen LogP contribution is -2.51. The van der Waals surface area contributed by atoms with Crippen LogP contribution < -0.4 is 10.6 Å². The van der Waals surface area contributed by atoms with Crippen LogP contribution in [0.25, 0.3) is 0 Å². The fraction of sp³-hybridized carbons (Fsp3) is 0.529. The van der Waals surface area contributed by atoms with Gasteiger partial charge in [0.05, 0.1) is 4.90 Å². The molecule has 1 saturated heterocycles. The summed E-state index contributed by atoms with van der Waals surface area (Å²) in [4.78, 5) is 25.2. The molecule has 0 aromatic heterocycles. The summed E-state index contributed by atoms with van der Waals surface area (Å²) in [6, 6.07) is 4.66. The molecule has 27 heavy (non-hydrogen) atoms. The second-order valence-corrected chi connectivity index (χ2v) is 8.52. The van der Waals surface area contributed by atoms with Gasteiger partial charge in [-0.05, 0) is 38.1 Å². The second-order valence-electron chi connectivity index (χ2n) is 6.58. The molecule has 10 heteroatoms. The lowest BCUT2D eigenvalue weighted by molar-refractivity contribution is -0.139. The topological polar surface area (TPSA) is 98.8 Å². The van der Waals surface area contributed by atoms with Gasteiger partial charge in [-0.1, -0.05) is 0 Å². The summed E-state index contributed by atoms with van der Waals surface area (Å²) in [6.45, 7) is 5.99. The summed E-state index contributed by atoms with van der Waals surface area (Å²) in [5.74, 6) is -1.83. The van der Waals surface area contributed by atoms with E-state index >= 15 is 0 Å². The van der Waals surface area contributed by atoms with Gasteiger partial charge in [0, 0.05) is 45.3 Å². The zero-order valence-electron chi connectivity index (χ0n) is 15.4. The number of piperazine rings is 1. The number of benzene rings is 1. The summed E-state index contributed by atoms with van der Waals surface area (Å²) in [5.41, 5.74) is 0. The van der Waals surface area contributed by atoms with Gasteiger partial charge in [0.1, 0.15) is 5.82 Å². The van der Waals surface area contributed by atoms with Gasteiger partial charge in [-0.25, -0.2) is 12.8 Å². The SMILES string of the molecule is CC(C)NC(=O)C(=O)NCCN1CCN(S(=O)(=O)c2ccc(F)cc2)CC1. The Balaban J connectivity index is 1.77. The third-order valence-electron chi connectivity index (χ3n) is 4.12. The van der Waals surface area contributed by atoms with Gasteiger partial charge in [-0.2, -0.15) is 4.31 Å². The van der Waals surface area contributed by atoms with Crippen LogP contribution in [-0.2, 0) is 19.6 Å². The molecule has 0 bridgehead atoms. The lowest BCUT2D eigenvalue weighted by Gasteiger charge is -2.33. The Hall–Kier alpha value is -2.04. The van der Waals surface area contributed by atoms with Crippen LogP contribution >= 0.6 is 0 Å². The number of amides is 2. The molecule has 0 radical (unpaired) electrons. The number of carbonyl (C=O) groups is 2. The summed E-state index contributed by atoms with van der Waals surface area (Å²) < 4.78 is 39.5. The van der Waals surface area contributed by atoms with E-state index in [1.165, 1.54) is 16.4 Å². The van der Waals surface area contributed by atoms with Crippen molar-refractivity contribution >= 4 is 21.8 Å². The molecule has 2 N–H and O–H groups in total. The smallest absolute Gasteiger partial charge is 0.309 e. The van der Waals surface area contributed by atoms with Crippen molar-refractivity contribution in [3.63, 3.8) is 0 Å². The maximum atomic E-state index is 13.0. The molecule has 1 fully saturated rings. The van der Waals surface area contributed by atoms with E-state index in [2.05, 4.69) is 10.6 Å². The first kappa shape index (κ1) is 21.3. The van der Waals surface area contributed by atoms with Gasteiger partial charge in [-0.3, -0.25) is 14.5 Å². The molecule has 150 valence electrons. The Bertz CT molecular complexity index is 760. The predicted molar refractivity (Wildman–Crippen MR) is 97.9 cm³/mol. The van der Waals surface area contributed by atoms with Gasteiger partial charge >= 0.3 is 11.8 Å². The first-order chi connectivity index (χ1) is 12.7. The first-order valence-electron chi connectivity index (χ1n) is 8.77. The minimum atomic E-state index is -3.64. The summed E-state index contributed by atoms with van der Waals surface area (Å²) in [7, 11) is -3.64. The molecule has 0 spiro atoms. The second kappa shape index (κ2) is 9.25. The monoisotopic (exact) mass is 400 g/mol. The van der Waals surface area contributed by atoms with Gasteiger partial charge in [0.15, 0.2) is 0 Å². The molecule has 0 atom stereocenters. The van der Waals surface area contributed by atoms with Crippen molar-refractivity contribution in [2.24, 2.45) is 0 Å². The van der Waals surface area contributed by atoms with Crippen LogP contribution in [0.15, 0.2) is 29.2 Å². The van der Waals surface area contributed by atoms with Crippen LogP contribution in [0.5, 0.6) is 0 Å². The Kier molecular flexibility index (Phi) is 7.28. The van der Waals surface area contributed by atoms with E-state index in [1.54, 1.807) is 13.8 Å². The number of halogens is 1. The molecular formula is C17H25FN4O4S. The minimum Gasteiger partial charge on any atom is -0.347 e. The van der Waals surface area contributed by atoms with Crippen LogP contribution in [0.2, 0.25) is 0 Å². The molecule has 2 amide bonds. The van der Waals surface area contributed by atoms with Crippen molar-refractivity contribution in [2.75, 3.05) is 39.3 Å². The predicted octanol–water partition coefficient (Wildman–Crippen LogP) is -0.227. The summed E-state index contributed by atoms with van der Waals surface area (Å²) >= 11 is 0. The average Bonchev–Trinajstić information content (AvgIpc) is 2.62. The number of rotatable bonds is 6. The van der Waals surface area contributed by atoms with Crippen molar-refractivity contribution in [2.45, 2.75) is 24.8 Å². The molecule has 1 aromatic rings. The molecule has 2 rings (SSSR count). The van der Waals surface area contributed by atoms with E-state index in [0.29, 0.717) is 39.3 Å². The fourth-order valence-corrected chi connectivity index (χ4v) is 4.11. The van der Waals surface area contributed by atoms with E-state index in [4.69, 9.17) is 0 Å². The van der Waals surface area contributed by atoms with Crippen molar-refractivity contribution in [1.82, 2.24) is 19.8 Å². The standard InChI is InChI=1S/C17H25FN4O4S/c1-13(2)20-17(24)16(23)19-7-8-21-9-11-22(12-10-21)27(25,26)15-5-3-14(18)4-6-15/h3-6,13H,7-12H2,1-2H3,(H,19,23)(H,20,24). The normalized spacial score (nSPS) is 16.3. The van der Waals surface area contributed by atoms with E-state index in [9.17, 15) is 22.4 Å². The lowest BCUT2D eigenvalue weighted by atomic mass is 10.3. The van der Waals surface area contributed by atoms with Gasteiger partial charge in [-0.15, -0.1) is 0 Å². The third-order valence-corrected chi connectivity index (χ3v) is 6.04. The highest BCUT2D eigenvalue weighted by Crippen LogP contribution is 2.17. The third kappa shape index (κ3) is 5.98. The first-order valence-corrected chi connectivity index (χ1v) is 10.2. The van der Waals surface area contributed by atoms with Crippen LogP contribution in [0, 0.1) is 5.82 Å². The van der Waals surface area contributed by atoms with Gasteiger partial charge in [0.25, 0.3) is 0 Å².